The molecular weight excluding hydrogens is 184 g/mol. The van der Waals surface area contributed by atoms with Crippen LogP contribution in [-0.4, -0.2) is 5.60 Å². The van der Waals surface area contributed by atoms with Gasteiger partial charge in [-0.1, -0.05) is 43.2 Å². The van der Waals surface area contributed by atoms with Crippen LogP contribution in [-0.2, 0) is 4.74 Å². The van der Waals surface area contributed by atoms with Gasteiger partial charge in [0.1, 0.15) is 0 Å². The first-order valence-corrected chi connectivity index (χ1v) is 6.02. The molecule has 1 saturated carbocycles. The van der Waals surface area contributed by atoms with Crippen LogP contribution in [0.3, 0.4) is 0 Å². The molecule has 1 aromatic rings. The SMILES string of the molecule is C[C@]12CCCC[C@H]1[C@@H](c1ccccc1)O2. The average molecular weight is 202 g/mol. The van der Waals surface area contributed by atoms with Crippen molar-refractivity contribution in [3.63, 3.8) is 0 Å². The normalized spacial score (nSPS) is 39.3. The highest BCUT2D eigenvalue weighted by Crippen LogP contribution is 2.55. The second-order valence-corrected chi connectivity index (χ2v) is 5.11. The zero-order chi connectivity index (χ0) is 10.3. The van der Waals surface area contributed by atoms with E-state index in [0.717, 1.165) is 5.92 Å². The smallest absolute Gasteiger partial charge is 0.0888 e. The molecule has 3 rings (SSSR count). The molecule has 2 fully saturated rings. The average Bonchev–Trinajstić information content (AvgIpc) is 2.25. The van der Waals surface area contributed by atoms with Crippen molar-refractivity contribution in [2.75, 3.05) is 0 Å². The molecule has 1 aliphatic heterocycles. The summed E-state index contributed by atoms with van der Waals surface area (Å²) in [6, 6.07) is 10.7. The first-order chi connectivity index (χ1) is 7.30. The highest BCUT2D eigenvalue weighted by atomic mass is 16.5. The first kappa shape index (κ1) is 9.41. The highest BCUT2D eigenvalue weighted by Gasteiger charge is 2.53. The fourth-order valence-electron chi connectivity index (χ4n) is 3.19. The summed E-state index contributed by atoms with van der Waals surface area (Å²) in [6.07, 6.45) is 5.69. The molecule has 0 spiro atoms. The molecule has 80 valence electrons. The van der Waals surface area contributed by atoms with Crippen molar-refractivity contribution < 1.29 is 4.74 Å². The van der Waals surface area contributed by atoms with E-state index in [-0.39, 0.29) is 5.60 Å². The van der Waals surface area contributed by atoms with Crippen molar-refractivity contribution in [3.8, 4) is 0 Å². The molecule has 0 amide bonds. The first-order valence-electron chi connectivity index (χ1n) is 6.02. The Morgan fingerprint density at radius 2 is 2.00 bits per heavy atom. The summed E-state index contributed by atoms with van der Waals surface area (Å²) in [5.41, 5.74) is 1.56. The minimum Gasteiger partial charge on any atom is -0.367 e. The lowest BCUT2D eigenvalue weighted by Crippen LogP contribution is -2.54. The molecule has 2 aliphatic rings. The van der Waals surface area contributed by atoms with Gasteiger partial charge in [-0.15, -0.1) is 0 Å². The maximum atomic E-state index is 6.12. The predicted octanol–water partition coefficient (Wildman–Crippen LogP) is 3.71. The molecule has 0 bridgehead atoms. The zero-order valence-electron chi connectivity index (χ0n) is 9.28. The van der Waals surface area contributed by atoms with Crippen molar-refractivity contribution in [3.05, 3.63) is 35.9 Å². The van der Waals surface area contributed by atoms with Crippen LogP contribution in [0.15, 0.2) is 30.3 Å². The predicted molar refractivity (Wildman–Crippen MR) is 60.6 cm³/mol. The molecule has 3 atom stereocenters. The van der Waals surface area contributed by atoms with Crippen LogP contribution in [0.25, 0.3) is 0 Å². The Morgan fingerprint density at radius 1 is 1.20 bits per heavy atom. The molecule has 1 saturated heterocycles. The van der Waals surface area contributed by atoms with Crippen LogP contribution < -0.4 is 0 Å². The molecule has 1 nitrogen and oxygen atoms in total. The molecule has 1 aliphatic carbocycles. The maximum absolute atomic E-state index is 6.12. The highest BCUT2D eigenvalue weighted by molar-refractivity contribution is 5.22. The molecule has 15 heavy (non-hydrogen) atoms. The maximum Gasteiger partial charge on any atom is 0.0888 e. The molecule has 1 heterocycles. The Bertz CT molecular complexity index is 346. The van der Waals surface area contributed by atoms with Gasteiger partial charge in [0.15, 0.2) is 0 Å². The fourth-order valence-corrected chi connectivity index (χ4v) is 3.19. The molecule has 0 radical (unpaired) electrons. The summed E-state index contributed by atoms with van der Waals surface area (Å²) < 4.78 is 6.12. The van der Waals surface area contributed by atoms with E-state index in [0.29, 0.717) is 6.10 Å². The summed E-state index contributed by atoms with van der Waals surface area (Å²) in [5.74, 6) is 0.758. The number of rotatable bonds is 1. The van der Waals surface area contributed by atoms with Crippen LogP contribution in [0.5, 0.6) is 0 Å². The summed E-state index contributed by atoms with van der Waals surface area (Å²) in [6.45, 7) is 2.29. The third-order valence-electron chi connectivity index (χ3n) is 4.11. The molecule has 0 N–H and O–H groups in total. The van der Waals surface area contributed by atoms with Gasteiger partial charge in [-0.05, 0) is 25.3 Å². The minimum atomic E-state index is 0.193. The van der Waals surface area contributed by atoms with Crippen molar-refractivity contribution in [2.45, 2.75) is 44.3 Å². The summed E-state index contributed by atoms with van der Waals surface area (Å²) in [5, 5.41) is 0. The van der Waals surface area contributed by atoms with E-state index in [1.807, 2.05) is 0 Å². The fraction of sp³-hybridized carbons (Fsp3) is 0.571. The second-order valence-electron chi connectivity index (χ2n) is 5.11. The summed E-state index contributed by atoms with van der Waals surface area (Å²) in [4.78, 5) is 0. The van der Waals surface area contributed by atoms with Gasteiger partial charge in [0.2, 0.25) is 0 Å². The number of hydrogen-bond acceptors (Lipinski definition) is 1. The van der Waals surface area contributed by atoms with Gasteiger partial charge in [0, 0.05) is 5.92 Å². The third kappa shape index (κ3) is 1.41. The van der Waals surface area contributed by atoms with Crippen LogP contribution in [0.4, 0.5) is 0 Å². The van der Waals surface area contributed by atoms with E-state index in [4.69, 9.17) is 4.74 Å². The topological polar surface area (TPSA) is 9.23 Å². The monoisotopic (exact) mass is 202 g/mol. The van der Waals surface area contributed by atoms with Gasteiger partial charge < -0.3 is 4.74 Å². The molecule has 0 unspecified atom stereocenters. The van der Waals surface area contributed by atoms with Gasteiger partial charge >= 0.3 is 0 Å². The number of fused-ring (bicyclic) bond motifs is 1. The number of ether oxygens (including phenoxy) is 1. The Hall–Kier alpha value is -0.820. The lowest BCUT2D eigenvalue weighted by atomic mass is 9.67. The number of benzene rings is 1. The number of hydrogen-bond donors (Lipinski definition) is 0. The molecular formula is C14H18O. The summed E-state index contributed by atoms with van der Waals surface area (Å²) in [7, 11) is 0. The van der Waals surface area contributed by atoms with E-state index in [1.54, 1.807) is 0 Å². The van der Waals surface area contributed by atoms with Crippen LogP contribution in [0, 0.1) is 5.92 Å². The quantitative estimate of drug-likeness (QED) is 0.674. The second kappa shape index (κ2) is 3.34. The Kier molecular flexibility index (Phi) is 2.10. The Balaban J connectivity index is 1.81. The van der Waals surface area contributed by atoms with Gasteiger partial charge in [-0.2, -0.15) is 0 Å². The lowest BCUT2D eigenvalue weighted by molar-refractivity contribution is -0.271. The van der Waals surface area contributed by atoms with Crippen LogP contribution >= 0.6 is 0 Å². The molecule has 0 aromatic heterocycles. The van der Waals surface area contributed by atoms with Gasteiger partial charge in [-0.25, -0.2) is 0 Å². The van der Waals surface area contributed by atoms with Gasteiger partial charge in [-0.3, -0.25) is 0 Å². The molecule has 1 aromatic carbocycles. The van der Waals surface area contributed by atoms with Crippen LogP contribution in [0.1, 0.15) is 44.3 Å². The van der Waals surface area contributed by atoms with Gasteiger partial charge in [0.05, 0.1) is 11.7 Å². The van der Waals surface area contributed by atoms with E-state index in [2.05, 4.69) is 37.3 Å². The van der Waals surface area contributed by atoms with E-state index < -0.39 is 0 Å². The summed E-state index contributed by atoms with van der Waals surface area (Å²) >= 11 is 0. The molecule has 1 heteroatoms. The largest absolute Gasteiger partial charge is 0.367 e. The van der Waals surface area contributed by atoms with E-state index >= 15 is 0 Å². The van der Waals surface area contributed by atoms with E-state index in [1.165, 1.54) is 31.2 Å². The van der Waals surface area contributed by atoms with Gasteiger partial charge in [0.25, 0.3) is 0 Å². The Morgan fingerprint density at radius 3 is 2.73 bits per heavy atom. The van der Waals surface area contributed by atoms with Crippen LogP contribution in [0.2, 0.25) is 0 Å². The zero-order valence-corrected chi connectivity index (χ0v) is 9.28. The van der Waals surface area contributed by atoms with Crippen molar-refractivity contribution >= 4 is 0 Å². The standard InChI is InChI=1S/C14H18O/c1-14-10-6-5-9-12(14)13(15-14)11-7-3-2-4-8-11/h2-4,7-8,12-13H,5-6,9-10H2,1H3/t12-,13+,14-/m0/s1. The van der Waals surface area contributed by atoms with Crippen molar-refractivity contribution in [1.82, 2.24) is 0 Å². The van der Waals surface area contributed by atoms with Crippen molar-refractivity contribution in [1.29, 1.82) is 0 Å². The third-order valence-corrected chi connectivity index (χ3v) is 4.11. The Labute approximate surface area is 91.5 Å². The minimum absolute atomic E-state index is 0.193. The lowest BCUT2D eigenvalue weighted by Gasteiger charge is -2.56. The van der Waals surface area contributed by atoms with Crippen molar-refractivity contribution in [2.24, 2.45) is 5.92 Å². The van der Waals surface area contributed by atoms with E-state index in [9.17, 15) is 0 Å².